The number of rotatable bonds is 3. The van der Waals surface area contributed by atoms with Crippen LogP contribution in [0.3, 0.4) is 0 Å². The minimum absolute atomic E-state index is 0.0408. The summed E-state index contributed by atoms with van der Waals surface area (Å²) < 4.78 is 0. The molecule has 19 heavy (non-hydrogen) atoms. The fraction of sp³-hybridized carbons (Fsp3) is 0.417. The molecule has 7 nitrogen and oxygen atoms in total. The highest BCUT2D eigenvalue weighted by atomic mass is 16.6. The van der Waals surface area contributed by atoms with Crippen LogP contribution in [0.1, 0.15) is 12.0 Å². The summed E-state index contributed by atoms with van der Waals surface area (Å²) in [5, 5.41) is 22.9. The summed E-state index contributed by atoms with van der Waals surface area (Å²) in [4.78, 5) is 23.7. The molecule has 0 bridgehead atoms. The Bertz CT molecular complexity index is 504. The molecule has 1 aliphatic heterocycles. The van der Waals surface area contributed by atoms with Crippen molar-refractivity contribution in [1.29, 1.82) is 0 Å². The van der Waals surface area contributed by atoms with Gasteiger partial charge < -0.3 is 15.3 Å². The molecule has 0 saturated carbocycles. The number of aliphatic hydroxyl groups is 1. The molecule has 1 saturated heterocycles. The molecule has 2 N–H and O–H groups in total. The molecule has 2 rings (SSSR count). The molecule has 1 aromatic carbocycles. The van der Waals surface area contributed by atoms with Crippen molar-refractivity contribution in [1.82, 2.24) is 5.32 Å². The van der Waals surface area contributed by atoms with Crippen LogP contribution >= 0.6 is 0 Å². The summed E-state index contributed by atoms with van der Waals surface area (Å²) >= 11 is 0. The number of benzene rings is 1. The first-order valence-electron chi connectivity index (χ1n) is 6.01. The number of nitrogens with zero attached hydrogens (tertiary/aromatic N) is 2. The van der Waals surface area contributed by atoms with Gasteiger partial charge in [-0.3, -0.25) is 14.9 Å². The van der Waals surface area contributed by atoms with Crippen molar-refractivity contribution in [2.45, 2.75) is 13.0 Å². The van der Waals surface area contributed by atoms with Gasteiger partial charge in [-0.05, 0) is 11.6 Å². The van der Waals surface area contributed by atoms with Gasteiger partial charge in [-0.15, -0.1) is 0 Å². The first kappa shape index (κ1) is 13.3. The molecule has 0 spiro atoms. The van der Waals surface area contributed by atoms with Crippen LogP contribution in [0.5, 0.6) is 0 Å². The Morgan fingerprint density at radius 2 is 2.21 bits per heavy atom. The maximum Gasteiger partial charge on any atom is 0.292 e. The van der Waals surface area contributed by atoms with Crippen LogP contribution in [0.15, 0.2) is 18.2 Å². The largest absolute Gasteiger partial charge is 0.392 e. The molecule has 0 radical (unpaired) electrons. The van der Waals surface area contributed by atoms with Crippen LogP contribution in [0.4, 0.5) is 11.4 Å². The molecule has 1 aromatic rings. The van der Waals surface area contributed by atoms with Gasteiger partial charge in [-0.2, -0.15) is 0 Å². The number of nitro groups is 1. The summed E-state index contributed by atoms with van der Waals surface area (Å²) in [7, 11) is 0. The van der Waals surface area contributed by atoms with Crippen LogP contribution in [-0.4, -0.2) is 35.6 Å². The van der Waals surface area contributed by atoms with Gasteiger partial charge in [0.2, 0.25) is 5.91 Å². The number of hydrogen-bond donors (Lipinski definition) is 2. The zero-order chi connectivity index (χ0) is 13.8. The fourth-order valence-electron chi connectivity index (χ4n) is 2.09. The summed E-state index contributed by atoms with van der Waals surface area (Å²) in [5.74, 6) is -0.0443. The lowest BCUT2D eigenvalue weighted by molar-refractivity contribution is -0.384. The standard InChI is InChI=1S/C12H15N3O4/c16-8-9-1-2-10(11(7-9)15(18)19)14-5-3-12(17)13-4-6-14/h1-2,7,16H,3-6,8H2,(H,13,17). The van der Waals surface area contributed by atoms with E-state index in [1.54, 1.807) is 12.1 Å². The molecule has 1 amide bonds. The average Bonchev–Trinajstić information content (AvgIpc) is 2.62. The molecule has 1 fully saturated rings. The second-order valence-electron chi connectivity index (χ2n) is 4.33. The second kappa shape index (κ2) is 5.66. The zero-order valence-electron chi connectivity index (χ0n) is 10.3. The molecule has 0 aliphatic carbocycles. The van der Waals surface area contributed by atoms with Gasteiger partial charge in [0.05, 0.1) is 11.5 Å². The predicted molar refractivity (Wildman–Crippen MR) is 68.9 cm³/mol. The van der Waals surface area contributed by atoms with E-state index >= 15 is 0 Å². The second-order valence-corrected chi connectivity index (χ2v) is 4.33. The predicted octanol–water partition coefficient (Wildman–Crippen LogP) is 0.413. The summed E-state index contributed by atoms with van der Waals surface area (Å²) in [6.07, 6.45) is 0.318. The van der Waals surface area contributed by atoms with Crippen LogP contribution in [0.25, 0.3) is 0 Å². The van der Waals surface area contributed by atoms with Crippen molar-refractivity contribution in [3.8, 4) is 0 Å². The average molecular weight is 265 g/mol. The monoisotopic (exact) mass is 265 g/mol. The van der Waals surface area contributed by atoms with E-state index in [4.69, 9.17) is 5.11 Å². The molecule has 0 atom stereocenters. The Morgan fingerprint density at radius 1 is 1.42 bits per heavy atom. The number of carbonyl (C=O) groups excluding carboxylic acids is 1. The normalized spacial score (nSPS) is 15.8. The summed E-state index contributed by atoms with van der Waals surface area (Å²) in [5.41, 5.74) is 0.944. The molecule has 0 aromatic heterocycles. The first-order valence-corrected chi connectivity index (χ1v) is 6.01. The van der Waals surface area contributed by atoms with Crippen LogP contribution in [0, 0.1) is 10.1 Å². The minimum Gasteiger partial charge on any atom is -0.392 e. The molecule has 102 valence electrons. The molecule has 0 unspecified atom stereocenters. The smallest absolute Gasteiger partial charge is 0.292 e. The SMILES string of the molecule is O=C1CCN(c2ccc(CO)cc2[N+](=O)[O-])CCN1. The first-order chi connectivity index (χ1) is 9.11. The lowest BCUT2D eigenvalue weighted by Gasteiger charge is -2.21. The highest BCUT2D eigenvalue weighted by Gasteiger charge is 2.22. The topological polar surface area (TPSA) is 95.7 Å². The molecule has 1 heterocycles. The van der Waals surface area contributed by atoms with Gasteiger partial charge in [0.15, 0.2) is 0 Å². The van der Waals surface area contributed by atoms with Gasteiger partial charge in [0, 0.05) is 32.1 Å². The number of aliphatic hydroxyl groups excluding tert-OH is 1. The summed E-state index contributed by atoms with van der Waals surface area (Å²) in [6.45, 7) is 1.22. The number of amides is 1. The van der Waals surface area contributed by atoms with E-state index in [1.165, 1.54) is 6.07 Å². The third-order valence-electron chi connectivity index (χ3n) is 3.07. The van der Waals surface area contributed by atoms with Crippen LogP contribution in [-0.2, 0) is 11.4 Å². The van der Waals surface area contributed by atoms with Crippen molar-refractivity contribution in [2.24, 2.45) is 0 Å². The van der Waals surface area contributed by atoms with E-state index in [9.17, 15) is 14.9 Å². The van der Waals surface area contributed by atoms with Gasteiger partial charge in [0.1, 0.15) is 5.69 Å². The van der Waals surface area contributed by atoms with Gasteiger partial charge in [0.25, 0.3) is 5.69 Å². The Labute approximate surface area is 110 Å². The van der Waals surface area contributed by atoms with Crippen molar-refractivity contribution in [3.05, 3.63) is 33.9 Å². The lowest BCUT2D eigenvalue weighted by Crippen LogP contribution is -2.28. The van der Waals surface area contributed by atoms with E-state index < -0.39 is 4.92 Å². The Morgan fingerprint density at radius 3 is 2.89 bits per heavy atom. The molecule has 1 aliphatic rings. The third-order valence-corrected chi connectivity index (χ3v) is 3.07. The number of hydrogen-bond acceptors (Lipinski definition) is 5. The van der Waals surface area contributed by atoms with Crippen molar-refractivity contribution in [2.75, 3.05) is 24.5 Å². The highest BCUT2D eigenvalue weighted by Crippen LogP contribution is 2.29. The Kier molecular flexibility index (Phi) is 3.96. The van der Waals surface area contributed by atoms with Crippen molar-refractivity contribution >= 4 is 17.3 Å². The van der Waals surface area contributed by atoms with E-state index in [1.807, 2.05) is 4.90 Å². The molecular formula is C12H15N3O4. The van der Waals surface area contributed by atoms with Gasteiger partial charge in [-0.1, -0.05) is 6.07 Å². The van der Waals surface area contributed by atoms with E-state index in [0.29, 0.717) is 37.3 Å². The van der Waals surface area contributed by atoms with E-state index in [0.717, 1.165) is 0 Å². The molecule has 7 heteroatoms. The fourth-order valence-corrected chi connectivity index (χ4v) is 2.09. The number of carbonyl (C=O) groups is 1. The molecular weight excluding hydrogens is 250 g/mol. The number of anilines is 1. The maximum absolute atomic E-state index is 11.3. The Hall–Kier alpha value is -2.15. The Balaban J connectivity index is 2.32. The maximum atomic E-state index is 11.3. The number of nitrogens with one attached hydrogen (secondary N) is 1. The third kappa shape index (κ3) is 3.00. The highest BCUT2D eigenvalue weighted by molar-refractivity contribution is 5.77. The zero-order valence-corrected chi connectivity index (χ0v) is 10.3. The van der Waals surface area contributed by atoms with Crippen LogP contribution < -0.4 is 10.2 Å². The van der Waals surface area contributed by atoms with Gasteiger partial charge in [-0.25, -0.2) is 0 Å². The van der Waals surface area contributed by atoms with E-state index in [2.05, 4.69) is 5.32 Å². The quantitative estimate of drug-likeness (QED) is 0.609. The number of nitro benzene ring substituents is 1. The lowest BCUT2D eigenvalue weighted by atomic mass is 10.1. The van der Waals surface area contributed by atoms with Crippen molar-refractivity contribution in [3.63, 3.8) is 0 Å². The van der Waals surface area contributed by atoms with E-state index in [-0.39, 0.29) is 18.2 Å². The minimum atomic E-state index is -0.464. The summed E-state index contributed by atoms with van der Waals surface area (Å²) in [6, 6.07) is 4.65. The van der Waals surface area contributed by atoms with Crippen molar-refractivity contribution < 1.29 is 14.8 Å². The van der Waals surface area contributed by atoms with Crippen LogP contribution in [0.2, 0.25) is 0 Å². The van der Waals surface area contributed by atoms with Gasteiger partial charge >= 0.3 is 0 Å².